The number of benzene rings is 8. The van der Waals surface area contributed by atoms with Crippen molar-refractivity contribution in [3.63, 3.8) is 0 Å². The van der Waals surface area contributed by atoms with E-state index in [9.17, 15) is 14.7 Å². The van der Waals surface area contributed by atoms with Gasteiger partial charge in [-0.1, -0.05) is 368 Å². The zero-order valence-electron chi connectivity index (χ0n) is 93.7. The van der Waals surface area contributed by atoms with E-state index in [2.05, 4.69) is 281 Å². The van der Waals surface area contributed by atoms with E-state index in [-0.39, 0.29) is 152 Å². The topological polar surface area (TPSA) is 237 Å². The van der Waals surface area contributed by atoms with Crippen molar-refractivity contribution in [3.8, 4) is 23.0 Å². The maximum absolute atomic E-state index is 11.7. The van der Waals surface area contributed by atoms with Gasteiger partial charge in [0.25, 0.3) is 6.47 Å². The van der Waals surface area contributed by atoms with Crippen molar-refractivity contribution in [2.45, 2.75) is 349 Å². The number of carboxylic acid groups (broad SMARTS) is 1. The van der Waals surface area contributed by atoms with Crippen LogP contribution in [0, 0.1) is 0 Å². The molecule has 8 aromatic carbocycles. The Bertz CT molecular complexity index is 4700. The minimum atomic E-state index is -1.75. The fraction of sp³-hybridized carbons (Fsp3) is 0.557. The number of alkyl halides is 1. The Hall–Kier alpha value is -2.49. The average molecular weight is 2290 g/mol. The Morgan fingerprint density at radius 2 is 0.620 bits per heavy atom. The summed E-state index contributed by atoms with van der Waals surface area (Å²) in [6.07, 6.45) is 26.3. The number of allylic oxidation sites excluding steroid dienone is 1. The van der Waals surface area contributed by atoms with Crippen LogP contribution in [0.25, 0.3) is 55.2 Å². The van der Waals surface area contributed by atoms with Crippen molar-refractivity contribution in [1.29, 1.82) is 0 Å². The van der Waals surface area contributed by atoms with Crippen LogP contribution in [0.5, 0.6) is 23.0 Å². The van der Waals surface area contributed by atoms with E-state index in [0.29, 0.717) is 104 Å². The molecule has 0 heterocycles. The summed E-state index contributed by atoms with van der Waals surface area (Å²) in [6.45, 7) is 73.7. The molecule has 0 aliphatic rings. The van der Waals surface area contributed by atoms with Gasteiger partial charge in [-0.3, -0.25) is 4.79 Å². The number of unbranched alkanes of at least 4 members (excludes halogenated alkanes) is 12. The zero-order chi connectivity index (χ0) is 104. The Morgan fingerprint density at radius 1 is 0.373 bits per heavy atom. The Balaban J connectivity index is -0.000000839. The first-order valence-corrected chi connectivity index (χ1v) is 62.4. The molecule has 3 N–H and O–H groups in total. The molecule has 0 saturated carbocycles. The predicted molar refractivity (Wildman–Crippen MR) is 609 cm³/mol. The third kappa shape index (κ3) is 48.6. The molecule has 0 unspecified atom stereocenters. The molecule has 782 valence electrons. The summed E-state index contributed by atoms with van der Waals surface area (Å²) in [5, 5.41) is 36.4. The van der Waals surface area contributed by atoms with Crippen molar-refractivity contribution in [3.05, 3.63) is 203 Å². The molecule has 0 bridgehead atoms. The Morgan fingerprint density at radius 3 is 0.880 bits per heavy atom. The van der Waals surface area contributed by atoms with Crippen molar-refractivity contribution < 1.29 is 215 Å². The molecule has 142 heavy (non-hydrogen) atoms. The zero-order valence-corrected chi connectivity index (χ0v) is 110. The fourth-order valence-corrected chi connectivity index (χ4v) is 43.6. The second kappa shape index (κ2) is 80.4. The molecule has 8 aromatic rings. The number of hydrogen-bond donors (Lipinski definition) is 2. The molecule has 0 saturated heterocycles. The molecule has 17 nitrogen and oxygen atoms in total. The molecular formula is C115H180Br3K2NaO17Si4. The quantitative estimate of drug-likeness (QED) is 0.00344. The number of carbonyl (C=O) groups is 3. The van der Waals surface area contributed by atoms with Crippen molar-refractivity contribution in [1.82, 2.24) is 0 Å². The standard InChI is InChI=1S/C30H46O4Si.C28H42O4Si.C25H39BrO2Si.C15H33BrOSi.C10H7BrO.C6H10O.CH2O3.2K.Na.H2O.H/c1-8-32-30(31)20-18-26-17-19-29(28-16-12-11-15-27(26)28)33-21-13-9-10-14-22-34-35(23(2)3,24(4)5)25(6)7;1-21(2)33(22(3)4,23(5)6)32-20-12-8-7-11-19-31-27-17-15-24(16-18-28(29)30)25-13-9-10-14-26(25)27;1-19(2)29(20(3)4,21(5)6)28-18-12-8-7-11-17-27-25-16-15-24(26)22-13-9-10-14-23(22)25;1-13(2)18(14(3)4,15(5)6)17-12-10-8-7-9-11-16;11-9-5-6-10(12)8-4-2-1-3-7(8)9;1-4-6(3)7-5-2;2-1-4-3;;;;;/h11-12,15-20,23-25H,8-10,13-14,21-22H2,1-7H3;9-10,13-18,21-23H,7-8,11-12,19-20H2,1-6H3,(H,29,30);9-10,13-16,19-21H,7-8,11-12,17-18H2,1-6H3;13-15H,7-12H2,1-6H3;1-6,12H;4H,1,3,5H2,2H3;1,3H;;;;1H2;/q;;;;;;;3*+1;;-1/p-2/b20-18+;18-16+;;;;;;;;;;. The number of aliphatic carboxylic acids is 1. The van der Waals surface area contributed by atoms with Gasteiger partial charge in [-0.2, -0.15) is 0 Å². The average Bonchev–Trinajstić information content (AvgIpc) is 0.807. The maximum Gasteiger partial charge on any atom is 1.00 e. The number of esters is 1. The Kier molecular flexibility index (Phi) is 81.3. The van der Waals surface area contributed by atoms with Crippen molar-refractivity contribution >= 4 is 155 Å². The second-order valence-electron chi connectivity index (χ2n) is 39.2. The van der Waals surface area contributed by atoms with Crippen molar-refractivity contribution in [2.75, 3.05) is 64.8 Å². The molecule has 0 amide bonds. The van der Waals surface area contributed by atoms with Crippen molar-refractivity contribution in [2.24, 2.45) is 0 Å². The fourth-order valence-electron chi connectivity index (χ4n) is 20.3. The van der Waals surface area contributed by atoms with Gasteiger partial charge in [-0.25, -0.2) is 9.59 Å². The summed E-state index contributed by atoms with van der Waals surface area (Å²) in [7, 11) is -6.81. The summed E-state index contributed by atoms with van der Waals surface area (Å²) in [5.74, 6) is 2.41. The summed E-state index contributed by atoms with van der Waals surface area (Å²) >= 11 is 10.5. The minimum Gasteiger partial charge on any atom is -1.00 e. The maximum atomic E-state index is 11.7. The molecule has 0 aromatic heterocycles. The number of fused-ring (bicyclic) bond motifs is 4. The summed E-state index contributed by atoms with van der Waals surface area (Å²) in [5.41, 5.74) is 9.78. The van der Waals surface area contributed by atoms with E-state index < -0.39 is 39.2 Å². The van der Waals surface area contributed by atoms with Crippen LogP contribution in [-0.2, 0) is 46.4 Å². The van der Waals surface area contributed by atoms with Gasteiger partial charge in [0.05, 0.1) is 33.0 Å². The van der Waals surface area contributed by atoms with E-state index in [1.54, 1.807) is 25.1 Å². The predicted octanol–water partition coefficient (Wildman–Crippen LogP) is 25.9. The minimum absolute atomic E-state index is 0. The number of rotatable bonds is 55. The van der Waals surface area contributed by atoms with Crippen LogP contribution >= 0.6 is 47.8 Å². The van der Waals surface area contributed by atoms with Crippen LogP contribution in [0.15, 0.2) is 192 Å². The van der Waals surface area contributed by atoms with Crippen LogP contribution in [0.4, 0.5) is 0 Å². The number of phenolic OH excluding ortho intramolecular Hbond substituents is 1. The summed E-state index contributed by atoms with van der Waals surface area (Å²) < 4.78 is 56.8. The molecule has 0 radical (unpaired) electrons. The number of carboxylic acids is 1. The normalized spacial score (nSPS) is 11.6. The molecule has 8 rings (SSSR count). The van der Waals surface area contributed by atoms with Gasteiger partial charge in [-0.05, 0) is 238 Å². The van der Waals surface area contributed by atoms with Crippen LogP contribution in [0.2, 0.25) is 66.5 Å². The number of carbonyl (C=O) groups excluding carboxylic acids is 2. The SMILES string of the molecule is C=CC(=C)OCC.CC(C)[Si](OCCCCCCBr)(C(C)C)C(C)C.CC(C)[Si](OCCCCCCOc1ccc(/C=C/C(=O)O)c2ccccc12)(C(C)C)C(C)C.CC(C)[Si](OCCCCCCOc1ccc(Br)c2ccccc12)(C(C)C)C(C)C.CCOC(=O)/C=C/c1ccc(OCCCCCCO[Si](C(C)C)(C(C)C)C(C)C)c2ccccc12.O=CO[O-].Oc1ccc(Br)c2ccccc12.[H-].[K+].[K+].[Na+].[OH-]. The number of ether oxygens (including phenoxy) is 5. The van der Waals surface area contributed by atoms with E-state index in [4.69, 9.17) is 56.5 Å². The summed E-state index contributed by atoms with van der Waals surface area (Å²) in [4.78, 5) is 33.8. The van der Waals surface area contributed by atoms with Gasteiger partial charge < -0.3 is 68.6 Å². The molecule has 0 atom stereocenters. The number of halogens is 3. The van der Waals surface area contributed by atoms with Gasteiger partial charge in [-0.15, -0.1) is 0 Å². The number of phenols is 1. The van der Waals surface area contributed by atoms with E-state index in [0.717, 1.165) is 166 Å². The third-order valence-electron chi connectivity index (χ3n) is 26.4. The molecule has 27 heteroatoms. The molecule has 0 aliphatic carbocycles. The van der Waals surface area contributed by atoms with E-state index in [1.165, 1.54) is 67.9 Å². The number of hydrogen-bond acceptors (Lipinski definition) is 16. The first kappa shape index (κ1) is 144. The van der Waals surface area contributed by atoms with Gasteiger partial charge in [0, 0.05) is 74.4 Å². The second-order valence-corrected chi connectivity index (χ2v) is 63.5. The van der Waals surface area contributed by atoms with Crippen LogP contribution in [0.1, 0.15) is 295 Å². The molecule has 0 aliphatic heterocycles. The summed E-state index contributed by atoms with van der Waals surface area (Å²) in [6, 6.07) is 47.7. The van der Waals surface area contributed by atoms with E-state index in [1.807, 2.05) is 104 Å². The Labute approximate surface area is 997 Å². The molecule has 0 spiro atoms. The number of aromatic hydroxyl groups is 1. The van der Waals surface area contributed by atoms with Gasteiger partial charge in [0.1, 0.15) is 28.8 Å². The third-order valence-corrected chi connectivity index (χ3v) is 52.8. The van der Waals surface area contributed by atoms with Crippen LogP contribution in [0.3, 0.4) is 0 Å². The van der Waals surface area contributed by atoms with Crippen LogP contribution in [-0.4, -0.2) is 132 Å². The van der Waals surface area contributed by atoms with Crippen LogP contribution < -0.4 is 152 Å². The first-order chi connectivity index (χ1) is 65.6. The van der Waals surface area contributed by atoms with Gasteiger partial charge in [0.15, 0.2) is 33.3 Å². The van der Waals surface area contributed by atoms with E-state index >= 15 is 0 Å². The monoisotopic (exact) mass is 2280 g/mol. The smallest absolute Gasteiger partial charge is 1.00 e. The molecular weight excluding hydrogens is 2110 g/mol. The van der Waals surface area contributed by atoms with Gasteiger partial charge >= 0.3 is 144 Å². The van der Waals surface area contributed by atoms with Gasteiger partial charge in [0.2, 0.25) is 0 Å². The first-order valence-electron chi connectivity index (χ1n) is 51.1. The largest absolute Gasteiger partial charge is 1.00 e. The molecule has 0 fully saturated rings.